The smallest absolute Gasteiger partial charge is 0.326 e. The Morgan fingerprint density at radius 2 is 2.00 bits per heavy atom. The Morgan fingerprint density at radius 1 is 1.32 bits per heavy atom. The normalized spacial score (nSPS) is 32.7. The summed E-state index contributed by atoms with van der Waals surface area (Å²) in [5, 5.41) is 28.1. The number of hydrogen-bond acceptors (Lipinski definition) is 4. The molecular weight excluding hydrogens is 252 g/mol. The molecule has 19 heavy (non-hydrogen) atoms. The van der Waals surface area contributed by atoms with Crippen LogP contribution < -0.4 is 0 Å². The van der Waals surface area contributed by atoms with Crippen molar-refractivity contribution in [3.05, 3.63) is 0 Å². The van der Waals surface area contributed by atoms with Gasteiger partial charge in [0.25, 0.3) is 0 Å². The lowest BCUT2D eigenvalue weighted by Gasteiger charge is -2.27. The molecule has 0 aromatic carbocycles. The Labute approximate surface area is 111 Å². The van der Waals surface area contributed by atoms with E-state index in [0.29, 0.717) is 13.1 Å². The number of aliphatic hydroxyl groups excluding tert-OH is 2. The number of carboxylic acids is 1. The van der Waals surface area contributed by atoms with E-state index in [9.17, 15) is 19.8 Å². The van der Waals surface area contributed by atoms with Gasteiger partial charge in [-0.3, -0.25) is 0 Å². The average molecular weight is 272 g/mol. The van der Waals surface area contributed by atoms with Gasteiger partial charge in [0, 0.05) is 32.0 Å². The molecule has 2 amide bonds. The van der Waals surface area contributed by atoms with Crippen molar-refractivity contribution in [2.45, 2.75) is 38.0 Å². The molecule has 2 saturated heterocycles. The van der Waals surface area contributed by atoms with E-state index in [-0.39, 0.29) is 24.9 Å². The zero-order chi connectivity index (χ0) is 14.2. The predicted molar refractivity (Wildman–Crippen MR) is 65.5 cm³/mol. The number of β-amino-alcohol motifs (C(OH)–C–C–N with tert-alkyl or cyclic N) is 1. The number of nitrogens with zero attached hydrogens (tertiary/aromatic N) is 2. The molecule has 4 atom stereocenters. The van der Waals surface area contributed by atoms with Gasteiger partial charge in [-0.2, -0.15) is 0 Å². The number of aliphatic carboxylic acids is 1. The molecule has 2 rings (SSSR count). The fourth-order valence-corrected chi connectivity index (χ4v) is 2.80. The van der Waals surface area contributed by atoms with Crippen molar-refractivity contribution >= 4 is 12.0 Å². The second-order valence-corrected chi connectivity index (χ2v) is 5.41. The predicted octanol–water partition coefficient (Wildman–Crippen LogP) is -0.671. The molecule has 7 heteroatoms. The van der Waals surface area contributed by atoms with Gasteiger partial charge in [0.15, 0.2) is 0 Å². The Kier molecular flexibility index (Phi) is 3.96. The third-order valence-electron chi connectivity index (χ3n) is 3.99. The standard InChI is InChI=1S/C12H20N2O5/c1-7(15)8-2-3-13(5-8)12(19)14-6-9(16)4-10(14)11(17)18/h7-10,15-16H,2-6H2,1H3,(H,17,18). The van der Waals surface area contributed by atoms with Crippen LogP contribution in [0.4, 0.5) is 4.79 Å². The van der Waals surface area contributed by atoms with Crippen LogP contribution >= 0.6 is 0 Å². The van der Waals surface area contributed by atoms with Crippen LogP contribution in [0.15, 0.2) is 0 Å². The zero-order valence-electron chi connectivity index (χ0n) is 10.9. The summed E-state index contributed by atoms with van der Waals surface area (Å²) in [4.78, 5) is 26.1. The minimum atomic E-state index is -1.09. The monoisotopic (exact) mass is 272 g/mol. The van der Waals surface area contributed by atoms with Crippen LogP contribution in [0.2, 0.25) is 0 Å². The number of carbonyl (C=O) groups is 2. The maximum absolute atomic E-state index is 12.3. The maximum atomic E-state index is 12.3. The topological polar surface area (TPSA) is 101 Å². The lowest BCUT2D eigenvalue weighted by Crippen LogP contribution is -2.47. The van der Waals surface area contributed by atoms with Crippen LogP contribution in [0.3, 0.4) is 0 Å². The quantitative estimate of drug-likeness (QED) is 0.619. The summed E-state index contributed by atoms with van der Waals surface area (Å²) in [6.45, 7) is 2.71. The third-order valence-corrected chi connectivity index (χ3v) is 3.99. The highest BCUT2D eigenvalue weighted by Gasteiger charge is 2.42. The molecule has 0 aliphatic carbocycles. The van der Waals surface area contributed by atoms with Gasteiger partial charge in [-0.15, -0.1) is 0 Å². The maximum Gasteiger partial charge on any atom is 0.326 e. The molecule has 2 heterocycles. The summed E-state index contributed by atoms with van der Waals surface area (Å²) in [5.41, 5.74) is 0. The Hall–Kier alpha value is -1.34. The van der Waals surface area contributed by atoms with Gasteiger partial charge >= 0.3 is 12.0 Å². The van der Waals surface area contributed by atoms with E-state index in [0.717, 1.165) is 6.42 Å². The van der Waals surface area contributed by atoms with Crippen molar-refractivity contribution in [2.24, 2.45) is 5.92 Å². The fraction of sp³-hybridized carbons (Fsp3) is 0.833. The molecule has 7 nitrogen and oxygen atoms in total. The van der Waals surface area contributed by atoms with Crippen LogP contribution in [-0.2, 0) is 4.79 Å². The Morgan fingerprint density at radius 3 is 2.53 bits per heavy atom. The van der Waals surface area contributed by atoms with Crippen LogP contribution in [0.5, 0.6) is 0 Å². The van der Waals surface area contributed by atoms with E-state index >= 15 is 0 Å². The van der Waals surface area contributed by atoms with Crippen molar-refractivity contribution in [1.82, 2.24) is 9.80 Å². The van der Waals surface area contributed by atoms with Crippen LogP contribution in [0.1, 0.15) is 19.8 Å². The Bertz CT molecular complexity index is 373. The molecule has 0 radical (unpaired) electrons. The highest BCUT2D eigenvalue weighted by molar-refractivity contribution is 5.83. The van der Waals surface area contributed by atoms with Crippen molar-refractivity contribution < 1.29 is 24.9 Å². The van der Waals surface area contributed by atoms with E-state index in [2.05, 4.69) is 0 Å². The molecule has 2 aliphatic heterocycles. The summed E-state index contributed by atoms with van der Waals surface area (Å²) in [6, 6.07) is -1.31. The number of rotatable bonds is 2. The van der Waals surface area contributed by atoms with E-state index < -0.39 is 24.2 Å². The molecule has 108 valence electrons. The summed E-state index contributed by atoms with van der Waals surface area (Å²) < 4.78 is 0. The molecule has 2 fully saturated rings. The number of amides is 2. The molecular formula is C12H20N2O5. The lowest BCUT2D eigenvalue weighted by atomic mass is 10.0. The Balaban J connectivity index is 2.01. The molecule has 0 bridgehead atoms. The zero-order valence-corrected chi connectivity index (χ0v) is 10.9. The second-order valence-electron chi connectivity index (χ2n) is 5.41. The van der Waals surface area contributed by atoms with Gasteiger partial charge in [-0.05, 0) is 13.3 Å². The number of hydrogen-bond donors (Lipinski definition) is 3. The summed E-state index contributed by atoms with van der Waals surface area (Å²) in [5.74, 6) is -1.05. The fourth-order valence-electron chi connectivity index (χ4n) is 2.80. The largest absolute Gasteiger partial charge is 0.480 e. The number of carbonyl (C=O) groups excluding carboxylic acids is 1. The number of aliphatic hydroxyl groups is 2. The highest BCUT2D eigenvalue weighted by Crippen LogP contribution is 2.25. The van der Waals surface area contributed by atoms with E-state index in [1.165, 1.54) is 4.90 Å². The molecule has 0 saturated carbocycles. The first-order chi connectivity index (χ1) is 8.90. The molecule has 4 unspecified atom stereocenters. The molecule has 0 aromatic rings. The molecule has 0 spiro atoms. The van der Waals surface area contributed by atoms with Gasteiger partial charge in [-0.1, -0.05) is 0 Å². The number of carboxylic acid groups (broad SMARTS) is 1. The van der Waals surface area contributed by atoms with Crippen LogP contribution in [-0.4, -0.2) is 75.0 Å². The van der Waals surface area contributed by atoms with E-state index in [1.54, 1.807) is 11.8 Å². The van der Waals surface area contributed by atoms with Gasteiger partial charge in [0.2, 0.25) is 0 Å². The lowest BCUT2D eigenvalue weighted by molar-refractivity contribution is -0.141. The first-order valence-electron chi connectivity index (χ1n) is 6.54. The number of likely N-dealkylation sites (tertiary alicyclic amines) is 2. The minimum Gasteiger partial charge on any atom is -0.480 e. The van der Waals surface area contributed by atoms with Gasteiger partial charge in [0.1, 0.15) is 6.04 Å². The summed E-state index contributed by atoms with van der Waals surface area (Å²) in [6.07, 6.45) is -0.454. The summed E-state index contributed by atoms with van der Waals surface area (Å²) in [7, 11) is 0. The van der Waals surface area contributed by atoms with Gasteiger partial charge < -0.3 is 25.1 Å². The molecule has 3 N–H and O–H groups in total. The van der Waals surface area contributed by atoms with Gasteiger partial charge in [0.05, 0.1) is 12.2 Å². The van der Waals surface area contributed by atoms with Crippen molar-refractivity contribution in [1.29, 1.82) is 0 Å². The van der Waals surface area contributed by atoms with Crippen LogP contribution in [0.25, 0.3) is 0 Å². The highest BCUT2D eigenvalue weighted by atomic mass is 16.4. The van der Waals surface area contributed by atoms with Crippen molar-refractivity contribution in [3.63, 3.8) is 0 Å². The average Bonchev–Trinajstić information content (AvgIpc) is 2.94. The van der Waals surface area contributed by atoms with Gasteiger partial charge in [-0.25, -0.2) is 9.59 Å². The van der Waals surface area contributed by atoms with E-state index in [1.807, 2.05) is 0 Å². The van der Waals surface area contributed by atoms with Crippen LogP contribution in [0, 0.1) is 5.92 Å². The SMILES string of the molecule is CC(O)C1CCN(C(=O)N2CC(O)CC2C(=O)O)C1. The first kappa shape index (κ1) is 14.1. The van der Waals surface area contributed by atoms with E-state index in [4.69, 9.17) is 5.11 Å². The molecule has 0 aromatic heterocycles. The second kappa shape index (κ2) is 5.34. The summed E-state index contributed by atoms with van der Waals surface area (Å²) >= 11 is 0. The molecule has 2 aliphatic rings. The first-order valence-corrected chi connectivity index (χ1v) is 6.54. The number of urea groups is 1. The van der Waals surface area contributed by atoms with Crippen molar-refractivity contribution in [3.8, 4) is 0 Å². The third kappa shape index (κ3) is 2.82. The minimum absolute atomic E-state index is 0.0414. The van der Waals surface area contributed by atoms with Crippen molar-refractivity contribution in [2.75, 3.05) is 19.6 Å².